The molecule has 1 aliphatic rings. The van der Waals surface area contributed by atoms with Gasteiger partial charge in [-0.2, -0.15) is 0 Å². The molecule has 0 amide bonds. The molecule has 0 aliphatic carbocycles. The van der Waals surface area contributed by atoms with Crippen molar-refractivity contribution in [2.24, 2.45) is 0 Å². The lowest BCUT2D eigenvalue weighted by atomic mass is 10.0. The molecule has 0 aromatic heterocycles. The largest absolute Gasteiger partial charge is 0.496 e. The van der Waals surface area contributed by atoms with Gasteiger partial charge < -0.3 is 9.47 Å². The fraction of sp³-hybridized carbons (Fsp3) is 0.600. The molecule has 100 valence electrons. The lowest BCUT2D eigenvalue weighted by Gasteiger charge is -2.20. The molecule has 2 rings (SSSR count). The highest BCUT2D eigenvalue weighted by molar-refractivity contribution is 5.50. The van der Waals surface area contributed by atoms with E-state index in [1.807, 2.05) is 0 Å². The van der Waals surface area contributed by atoms with Crippen molar-refractivity contribution in [2.45, 2.75) is 32.7 Å². The van der Waals surface area contributed by atoms with Crippen molar-refractivity contribution >= 4 is 0 Å². The monoisotopic (exact) mass is 249 g/mol. The maximum atomic E-state index is 5.61. The van der Waals surface area contributed by atoms with Crippen molar-refractivity contribution < 1.29 is 9.47 Å². The minimum atomic E-state index is 0.930. The molecule has 0 unspecified atom stereocenters. The number of likely N-dealkylation sites (tertiary alicyclic amines) is 1. The van der Waals surface area contributed by atoms with Crippen LogP contribution in [0.25, 0.3) is 0 Å². The Bertz CT molecular complexity index is 398. The Morgan fingerprint density at radius 3 is 2.39 bits per heavy atom. The Kier molecular flexibility index (Phi) is 4.48. The van der Waals surface area contributed by atoms with Gasteiger partial charge in [0.2, 0.25) is 0 Å². The van der Waals surface area contributed by atoms with E-state index in [-0.39, 0.29) is 0 Å². The van der Waals surface area contributed by atoms with Gasteiger partial charge in [-0.25, -0.2) is 0 Å². The highest BCUT2D eigenvalue weighted by Crippen LogP contribution is 2.33. The van der Waals surface area contributed by atoms with Crippen LogP contribution in [0.1, 0.15) is 30.9 Å². The van der Waals surface area contributed by atoms with E-state index in [1.165, 1.54) is 37.1 Å². The first-order valence-electron chi connectivity index (χ1n) is 6.75. The molecule has 0 bridgehead atoms. The van der Waals surface area contributed by atoms with Gasteiger partial charge in [0.1, 0.15) is 11.5 Å². The number of methoxy groups -OCH3 is 2. The fourth-order valence-electron chi connectivity index (χ4n) is 2.74. The number of hydrogen-bond donors (Lipinski definition) is 0. The van der Waals surface area contributed by atoms with Crippen LogP contribution in [0.15, 0.2) is 12.1 Å². The third kappa shape index (κ3) is 2.61. The summed E-state index contributed by atoms with van der Waals surface area (Å²) in [6, 6.07) is 4.20. The van der Waals surface area contributed by atoms with Crippen molar-refractivity contribution in [1.29, 1.82) is 0 Å². The SMILES string of the molecule is CCc1c(OC)ccc(CN2CCCC2)c1OC. The topological polar surface area (TPSA) is 21.7 Å². The molecule has 1 saturated heterocycles. The Labute approximate surface area is 110 Å². The zero-order chi connectivity index (χ0) is 13.0. The first-order chi connectivity index (χ1) is 8.80. The van der Waals surface area contributed by atoms with Crippen LogP contribution in [-0.2, 0) is 13.0 Å². The van der Waals surface area contributed by atoms with E-state index < -0.39 is 0 Å². The molecule has 0 N–H and O–H groups in total. The first-order valence-corrected chi connectivity index (χ1v) is 6.75. The van der Waals surface area contributed by atoms with E-state index in [2.05, 4.69) is 24.0 Å². The van der Waals surface area contributed by atoms with Crippen LogP contribution in [0, 0.1) is 0 Å². The molecule has 18 heavy (non-hydrogen) atoms. The minimum absolute atomic E-state index is 0.930. The van der Waals surface area contributed by atoms with Crippen molar-refractivity contribution in [1.82, 2.24) is 4.90 Å². The van der Waals surface area contributed by atoms with E-state index in [0.29, 0.717) is 0 Å². The number of benzene rings is 1. The molecule has 0 radical (unpaired) electrons. The molecule has 3 nitrogen and oxygen atoms in total. The van der Waals surface area contributed by atoms with Gasteiger partial charge in [0.15, 0.2) is 0 Å². The molecule has 1 heterocycles. The van der Waals surface area contributed by atoms with E-state index in [1.54, 1.807) is 14.2 Å². The molecular formula is C15H23NO2. The average molecular weight is 249 g/mol. The minimum Gasteiger partial charge on any atom is -0.496 e. The summed E-state index contributed by atoms with van der Waals surface area (Å²) in [5.41, 5.74) is 2.45. The second-order valence-electron chi connectivity index (χ2n) is 4.78. The molecule has 3 heteroatoms. The van der Waals surface area contributed by atoms with Crippen molar-refractivity contribution in [3.8, 4) is 11.5 Å². The van der Waals surface area contributed by atoms with Crippen molar-refractivity contribution in [2.75, 3.05) is 27.3 Å². The Hall–Kier alpha value is -1.22. The average Bonchev–Trinajstić information content (AvgIpc) is 2.90. The summed E-state index contributed by atoms with van der Waals surface area (Å²) in [6.45, 7) is 5.54. The second-order valence-corrected chi connectivity index (χ2v) is 4.78. The van der Waals surface area contributed by atoms with Gasteiger partial charge >= 0.3 is 0 Å². The summed E-state index contributed by atoms with van der Waals surface area (Å²) in [5.74, 6) is 1.93. The number of nitrogens with zero attached hydrogens (tertiary/aromatic N) is 1. The van der Waals surface area contributed by atoms with Gasteiger partial charge in [-0.05, 0) is 38.4 Å². The highest BCUT2D eigenvalue weighted by atomic mass is 16.5. The van der Waals surface area contributed by atoms with Crippen molar-refractivity contribution in [3.63, 3.8) is 0 Å². The normalized spacial score (nSPS) is 15.9. The predicted octanol–water partition coefficient (Wildman–Crippen LogP) is 2.86. The molecule has 1 aromatic carbocycles. The van der Waals surface area contributed by atoms with Crippen LogP contribution in [0.3, 0.4) is 0 Å². The van der Waals surface area contributed by atoms with Crippen LogP contribution in [0.4, 0.5) is 0 Å². The van der Waals surface area contributed by atoms with Crippen molar-refractivity contribution in [3.05, 3.63) is 23.3 Å². The predicted molar refractivity (Wildman–Crippen MR) is 73.4 cm³/mol. The van der Waals surface area contributed by atoms with E-state index in [0.717, 1.165) is 24.5 Å². The summed E-state index contributed by atoms with van der Waals surface area (Å²) in [6.07, 6.45) is 3.57. The zero-order valence-corrected chi connectivity index (χ0v) is 11.7. The van der Waals surface area contributed by atoms with Crippen LogP contribution < -0.4 is 9.47 Å². The van der Waals surface area contributed by atoms with E-state index in [9.17, 15) is 0 Å². The van der Waals surface area contributed by atoms with Crippen LogP contribution in [0.2, 0.25) is 0 Å². The molecule has 0 spiro atoms. The van der Waals surface area contributed by atoms with Gasteiger partial charge in [-0.3, -0.25) is 4.90 Å². The summed E-state index contributed by atoms with van der Waals surface area (Å²) in [4.78, 5) is 2.49. The number of hydrogen-bond acceptors (Lipinski definition) is 3. The van der Waals surface area contributed by atoms with Gasteiger partial charge in [0, 0.05) is 17.7 Å². The third-order valence-electron chi connectivity index (χ3n) is 3.67. The summed E-state index contributed by atoms with van der Waals surface area (Å²) >= 11 is 0. The maximum absolute atomic E-state index is 5.61. The molecule has 1 aromatic rings. The van der Waals surface area contributed by atoms with Gasteiger partial charge in [-0.1, -0.05) is 13.0 Å². The zero-order valence-electron chi connectivity index (χ0n) is 11.7. The number of rotatable bonds is 5. The van der Waals surface area contributed by atoms with Gasteiger partial charge in [0.05, 0.1) is 14.2 Å². The van der Waals surface area contributed by atoms with E-state index >= 15 is 0 Å². The first kappa shape index (κ1) is 13.2. The summed E-state index contributed by atoms with van der Waals surface area (Å²) in [5, 5.41) is 0. The molecule has 0 saturated carbocycles. The molecule has 1 aliphatic heterocycles. The van der Waals surface area contributed by atoms with Crippen LogP contribution in [-0.4, -0.2) is 32.2 Å². The fourth-order valence-corrected chi connectivity index (χ4v) is 2.74. The summed E-state index contributed by atoms with van der Waals surface area (Å²) in [7, 11) is 3.47. The molecule has 1 fully saturated rings. The Balaban J connectivity index is 2.28. The molecular weight excluding hydrogens is 226 g/mol. The van der Waals surface area contributed by atoms with Gasteiger partial charge in [-0.15, -0.1) is 0 Å². The van der Waals surface area contributed by atoms with Gasteiger partial charge in [0.25, 0.3) is 0 Å². The van der Waals surface area contributed by atoms with Crippen LogP contribution >= 0.6 is 0 Å². The van der Waals surface area contributed by atoms with E-state index in [4.69, 9.17) is 9.47 Å². The Morgan fingerprint density at radius 2 is 1.83 bits per heavy atom. The third-order valence-corrected chi connectivity index (χ3v) is 3.67. The van der Waals surface area contributed by atoms with Crippen LogP contribution in [0.5, 0.6) is 11.5 Å². The smallest absolute Gasteiger partial charge is 0.130 e. The lowest BCUT2D eigenvalue weighted by Crippen LogP contribution is -2.19. The lowest BCUT2D eigenvalue weighted by molar-refractivity contribution is 0.318. The maximum Gasteiger partial charge on any atom is 0.130 e. The standard InChI is InChI=1S/C15H23NO2/c1-4-13-14(17-2)8-7-12(15(13)18-3)11-16-9-5-6-10-16/h7-8H,4-6,9-11H2,1-3H3. The number of ether oxygens (including phenoxy) is 2. The second kappa shape index (κ2) is 6.10. The Morgan fingerprint density at radius 1 is 1.11 bits per heavy atom. The highest BCUT2D eigenvalue weighted by Gasteiger charge is 2.17. The quantitative estimate of drug-likeness (QED) is 0.801. The summed E-state index contributed by atoms with van der Waals surface area (Å²) < 4.78 is 11.0. The molecule has 0 atom stereocenters.